The molecule has 2 aliphatic heterocycles. The van der Waals surface area contributed by atoms with Crippen LogP contribution in [0.1, 0.15) is 38.5 Å². The number of nitrogens with zero attached hydrogens (tertiary/aromatic N) is 1. The number of amides is 2. The number of unbranched alkanes of at least 4 members (excludes halogenated alkanes) is 1. The predicted molar refractivity (Wildman–Crippen MR) is 83.0 cm³/mol. The quantitative estimate of drug-likeness (QED) is 0.153. The Labute approximate surface area is 170 Å². The summed E-state index contributed by atoms with van der Waals surface area (Å²) in [7, 11) is -1.26. The summed E-state index contributed by atoms with van der Waals surface area (Å²) in [5.41, 5.74) is 0. The van der Waals surface area contributed by atoms with Crippen LogP contribution in [0.25, 0.3) is 0 Å². The van der Waals surface area contributed by atoms with Crippen LogP contribution in [0.3, 0.4) is 0 Å². The summed E-state index contributed by atoms with van der Waals surface area (Å²) in [5, 5.41) is -1.30. The topological polar surface area (TPSA) is 121 Å². The van der Waals surface area contributed by atoms with Gasteiger partial charge in [-0.05, 0) is 19.3 Å². The first-order chi connectivity index (χ1) is 10.8. The number of hydrogen-bond acceptors (Lipinski definition) is 9. The molecule has 2 unspecified atom stereocenters. The number of imide groups is 1. The van der Waals surface area contributed by atoms with Crippen LogP contribution in [0, 0.1) is 0 Å². The summed E-state index contributed by atoms with van der Waals surface area (Å²) in [4.78, 5) is 39.4. The van der Waals surface area contributed by atoms with Crippen molar-refractivity contribution in [3.8, 4) is 0 Å². The van der Waals surface area contributed by atoms with E-state index in [1.165, 1.54) is 0 Å². The Kier molecular flexibility index (Phi) is 9.08. The molecule has 130 valence electrons. The third-order valence-electron chi connectivity index (χ3n) is 3.49. The van der Waals surface area contributed by atoms with Crippen molar-refractivity contribution in [1.29, 1.82) is 0 Å². The molecule has 0 N–H and O–H groups in total. The van der Waals surface area contributed by atoms with Gasteiger partial charge in [-0.15, -0.1) is 5.06 Å². The van der Waals surface area contributed by atoms with Gasteiger partial charge in [-0.3, -0.25) is 9.59 Å². The minimum absolute atomic E-state index is 0. The first-order valence-electron chi connectivity index (χ1n) is 7.09. The van der Waals surface area contributed by atoms with Gasteiger partial charge in [-0.25, -0.2) is 13.2 Å². The second-order valence-corrected chi connectivity index (χ2v) is 9.59. The van der Waals surface area contributed by atoms with E-state index in [2.05, 4.69) is 4.84 Å². The van der Waals surface area contributed by atoms with Gasteiger partial charge in [0.2, 0.25) is 0 Å². The first-order valence-corrected chi connectivity index (χ1v) is 10.9. The summed E-state index contributed by atoms with van der Waals surface area (Å²) in [5.74, 6) is -1.94. The van der Waals surface area contributed by atoms with Gasteiger partial charge >= 0.3 is 35.5 Å². The minimum atomic E-state index is -4.94. The van der Waals surface area contributed by atoms with Gasteiger partial charge in [0.1, 0.15) is 15.4 Å². The first kappa shape index (κ1) is 22.3. The average Bonchev–Trinajstić information content (AvgIpc) is 3.06. The molecule has 24 heavy (non-hydrogen) atoms. The normalized spacial score (nSPS) is 24.1. The zero-order chi connectivity index (χ0) is 17.0. The van der Waals surface area contributed by atoms with E-state index in [9.17, 15) is 27.4 Å². The van der Waals surface area contributed by atoms with Gasteiger partial charge in [0.05, 0.1) is 6.42 Å². The number of carbonyl (C=O) groups excluding carboxylic acids is 3. The summed E-state index contributed by atoms with van der Waals surface area (Å²) in [6.45, 7) is 0. The Morgan fingerprint density at radius 1 is 1.33 bits per heavy atom. The molecule has 2 heterocycles. The van der Waals surface area contributed by atoms with E-state index in [0.717, 1.165) is 25.0 Å². The number of hydroxylamine groups is 2. The van der Waals surface area contributed by atoms with Crippen LogP contribution in [-0.4, -0.2) is 52.1 Å². The average molecular weight is 405 g/mol. The number of hydrogen-bond donors (Lipinski definition) is 0. The maximum absolute atomic E-state index is 11.6. The van der Waals surface area contributed by atoms with Crippen molar-refractivity contribution in [1.82, 2.24) is 5.06 Å². The Bertz CT molecular complexity index is 591. The molecule has 2 aliphatic rings. The maximum atomic E-state index is 11.6. The Morgan fingerprint density at radius 2 is 2.04 bits per heavy atom. The predicted octanol–water partition coefficient (Wildman–Crippen LogP) is -2.16. The molecule has 0 aromatic rings. The standard InChI is InChI=1S/C12H17NO7S3.Na/c14-10-7-9(23(17,18)19)12(16)13(10)20-11(15)4-2-1-3-8-5-6-21-22-8;/h8-9H,1-7H2,(H,17,18,19);/q;+1/p-1. The van der Waals surface area contributed by atoms with Crippen LogP contribution in [0.5, 0.6) is 0 Å². The third-order valence-corrected chi connectivity index (χ3v) is 7.56. The molecule has 0 spiro atoms. The second kappa shape index (κ2) is 9.79. The van der Waals surface area contributed by atoms with Gasteiger partial charge in [-0.2, -0.15) is 0 Å². The van der Waals surface area contributed by atoms with Crippen molar-refractivity contribution < 1.29 is 61.7 Å². The summed E-state index contributed by atoms with van der Waals surface area (Å²) in [6.07, 6.45) is 2.77. The molecule has 0 bridgehead atoms. The van der Waals surface area contributed by atoms with E-state index in [4.69, 9.17) is 0 Å². The molecule has 2 saturated heterocycles. The van der Waals surface area contributed by atoms with Crippen LogP contribution in [0.4, 0.5) is 0 Å². The molecule has 0 aromatic heterocycles. The van der Waals surface area contributed by atoms with Gasteiger partial charge in [0.15, 0.2) is 0 Å². The van der Waals surface area contributed by atoms with Crippen molar-refractivity contribution in [2.24, 2.45) is 0 Å². The molecular formula is C12H16NNaO7S3. The van der Waals surface area contributed by atoms with E-state index in [0.29, 0.717) is 11.7 Å². The van der Waals surface area contributed by atoms with Gasteiger partial charge < -0.3 is 9.39 Å². The zero-order valence-electron chi connectivity index (χ0n) is 13.1. The summed E-state index contributed by atoms with van der Waals surface area (Å²) < 4.78 is 32.6. The number of carbonyl (C=O) groups is 3. The van der Waals surface area contributed by atoms with Crippen LogP contribution >= 0.6 is 21.6 Å². The molecule has 2 atom stereocenters. The monoisotopic (exact) mass is 405 g/mol. The second-order valence-electron chi connectivity index (χ2n) is 5.25. The molecule has 0 aliphatic carbocycles. The third kappa shape index (κ3) is 6.19. The van der Waals surface area contributed by atoms with Gasteiger partial charge in [-0.1, -0.05) is 28.0 Å². The summed E-state index contributed by atoms with van der Waals surface area (Å²) >= 11 is 0. The summed E-state index contributed by atoms with van der Waals surface area (Å²) in [6, 6.07) is 0. The Hall–Kier alpha value is 0.220. The Balaban J connectivity index is 0.00000288. The molecule has 2 fully saturated rings. The molecule has 0 aromatic carbocycles. The Morgan fingerprint density at radius 3 is 2.58 bits per heavy atom. The van der Waals surface area contributed by atoms with E-state index in [-0.39, 0.29) is 41.0 Å². The fourth-order valence-electron chi connectivity index (χ4n) is 2.26. The fourth-order valence-corrected chi connectivity index (χ4v) is 5.97. The fraction of sp³-hybridized carbons (Fsp3) is 0.750. The maximum Gasteiger partial charge on any atom is 1.00 e. The zero-order valence-corrected chi connectivity index (χ0v) is 17.6. The molecule has 2 amide bonds. The van der Waals surface area contributed by atoms with Crippen molar-refractivity contribution in [3.63, 3.8) is 0 Å². The van der Waals surface area contributed by atoms with Crippen LogP contribution < -0.4 is 29.6 Å². The van der Waals surface area contributed by atoms with E-state index >= 15 is 0 Å². The SMILES string of the molecule is O=C(CCCCC1CCSS1)ON1C(=O)CC(S(=O)(=O)[O-])C1=O.[Na+]. The molecule has 0 saturated carbocycles. The molecule has 0 radical (unpaired) electrons. The van der Waals surface area contributed by atoms with Crippen molar-refractivity contribution >= 4 is 49.5 Å². The molecular weight excluding hydrogens is 389 g/mol. The van der Waals surface area contributed by atoms with E-state index < -0.39 is 39.6 Å². The van der Waals surface area contributed by atoms with Gasteiger partial charge in [0, 0.05) is 17.4 Å². The minimum Gasteiger partial charge on any atom is -0.747 e. The molecule has 2 rings (SSSR count). The molecule has 12 heteroatoms. The van der Waals surface area contributed by atoms with Crippen LogP contribution in [0.2, 0.25) is 0 Å². The van der Waals surface area contributed by atoms with Gasteiger partial charge in [0.25, 0.3) is 11.8 Å². The largest absolute Gasteiger partial charge is 1.00 e. The smallest absolute Gasteiger partial charge is 0.747 e. The molecule has 8 nitrogen and oxygen atoms in total. The number of rotatable bonds is 7. The van der Waals surface area contributed by atoms with E-state index in [1.807, 2.05) is 21.6 Å². The van der Waals surface area contributed by atoms with Crippen molar-refractivity contribution in [2.45, 2.75) is 49.0 Å². The van der Waals surface area contributed by atoms with Crippen molar-refractivity contribution in [3.05, 3.63) is 0 Å². The van der Waals surface area contributed by atoms with E-state index in [1.54, 1.807) is 0 Å². The van der Waals surface area contributed by atoms with Crippen LogP contribution in [-0.2, 0) is 29.3 Å². The van der Waals surface area contributed by atoms with Crippen LogP contribution in [0.15, 0.2) is 0 Å². The van der Waals surface area contributed by atoms with Crippen molar-refractivity contribution in [2.75, 3.05) is 5.75 Å².